The number of benzene rings is 1. The Kier molecular flexibility index (Phi) is 3.55. The first kappa shape index (κ1) is 9.01. The molecule has 1 aromatic rings. The molecule has 1 heteroatoms. The van der Waals surface area contributed by atoms with Gasteiger partial charge in [0.05, 0.1) is 6.61 Å². The first-order valence-electron chi connectivity index (χ1n) is 4.17. The van der Waals surface area contributed by atoms with Gasteiger partial charge in [0.15, 0.2) is 0 Å². The van der Waals surface area contributed by atoms with Gasteiger partial charge in [-0.25, -0.2) is 0 Å². The minimum absolute atomic E-state index is 0.149. The zero-order chi connectivity index (χ0) is 8.81. The van der Waals surface area contributed by atoms with Gasteiger partial charge in [-0.1, -0.05) is 42.5 Å². The van der Waals surface area contributed by atoms with Crippen molar-refractivity contribution in [2.75, 3.05) is 6.61 Å². The van der Waals surface area contributed by atoms with Gasteiger partial charge in [0.25, 0.3) is 0 Å². The molecule has 1 N–H and O–H groups in total. The van der Waals surface area contributed by atoms with Crippen LogP contribution in [0.2, 0.25) is 0 Å². The average molecular weight is 162 g/mol. The van der Waals surface area contributed by atoms with E-state index in [1.165, 1.54) is 0 Å². The van der Waals surface area contributed by atoms with Gasteiger partial charge in [0.1, 0.15) is 0 Å². The Morgan fingerprint density at radius 2 is 2.00 bits per heavy atom. The van der Waals surface area contributed by atoms with E-state index in [0.717, 1.165) is 5.56 Å². The van der Waals surface area contributed by atoms with Gasteiger partial charge in [-0.2, -0.15) is 0 Å². The SMILES string of the molecule is C/C=C\[C@H](CO)c1ccccc1. The van der Waals surface area contributed by atoms with Crippen molar-refractivity contribution in [1.82, 2.24) is 0 Å². The quantitative estimate of drug-likeness (QED) is 0.676. The monoisotopic (exact) mass is 162 g/mol. The lowest BCUT2D eigenvalue weighted by molar-refractivity contribution is 0.283. The summed E-state index contributed by atoms with van der Waals surface area (Å²) in [5.41, 5.74) is 1.16. The van der Waals surface area contributed by atoms with E-state index in [2.05, 4.69) is 0 Å². The molecule has 0 aliphatic carbocycles. The highest BCUT2D eigenvalue weighted by Gasteiger charge is 2.03. The minimum Gasteiger partial charge on any atom is -0.395 e. The van der Waals surface area contributed by atoms with E-state index in [9.17, 15) is 0 Å². The van der Waals surface area contributed by atoms with E-state index < -0.39 is 0 Å². The van der Waals surface area contributed by atoms with Crippen LogP contribution in [0.15, 0.2) is 42.5 Å². The molecule has 0 unspecified atom stereocenters. The summed E-state index contributed by atoms with van der Waals surface area (Å²) in [5, 5.41) is 9.06. The maximum absolute atomic E-state index is 9.06. The normalized spacial score (nSPS) is 13.5. The summed E-state index contributed by atoms with van der Waals surface area (Å²) in [7, 11) is 0. The van der Waals surface area contributed by atoms with Gasteiger partial charge in [0.2, 0.25) is 0 Å². The van der Waals surface area contributed by atoms with Gasteiger partial charge in [-0.15, -0.1) is 0 Å². The van der Waals surface area contributed by atoms with E-state index in [4.69, 9.17) is 5.11 Å². The molecule has 0 aliphatic rings. The summed E-state index contributed by atoms with van der Waals surface area (Å²) in [6.07, 6.45) is 3.98. The van der Waals surface area contributed by atoms with Gasteiger partial charge in [-0.3, -0.25) is 0 Å². The molecule has 1 rings (SSSR count). The van der Waals surface area contributed by atoms with Crippen molar-refractivity contribution in [3.8, 4) is 0 Å². The highest BCUT2D eigenvalue weighted by Crippen LogP contribution is 2.15. The van der Waals surface area contributed by atoms with Crippen molar-refractivity contribution >= 4 is 0 Å². The lowest BCUT2D eigenvalue weighted by atomic mass is 10.00. The summed E-state index contributed by atoms with van der Waals surface area (Å²) >= 11 is 0. The average Bonchev–Trinajstić information content (AvgIpc) is 2.15. The molecule has 64 valence electrons. The van der Waals surface area contributed by atoms with E-state index in [1.54, 1.807) is 0 Å². The molecule has 0 radical (unpaired) electrons. The molecule has 0 aromatic heterocycles. The van der Waals surface area contributed by atoms with Crippen molar-refractivity contribution < 1.29 is 5.11 Å². The fraction of sp³-hybridized carbons (Fsp3) is 0.273. The van der Waals surface area contributed by atoms with Crippen LogP contribution in [0.4, 0.5) is 0 Å². The van der Waals surface area contributed by atoms with Crippen molar-refractivity contribution in [1.29, 1.82) is 0 Å². The standard InChI is InChI=1S/C11H14O/c1-2-6-11(9-12)10-7-4-3-5-8-10/h2-8,11-12H,9H2,1H3/b6-2-/t11-/m1/s1. The summed E-state index contributed by atoms with van der Waals surface area (Å²) in [5.74, 6) is 0.149. The first-order valence-corrected chi connectivity index (χ1v) is 4.17. The molecule has 12 heavy (non-hydrogen) atoms. The van der Waals surface area contributed by atoms with Crippen molar-refractivity contribution in [3.05, 3.63) is 48.0 Å². The second-order valence-electron chi connectivity index (χ2n) is 2.73. The van der Waals surface area contributed by atoms with Crippen molar-refractivity contribution in [2.45, 2.75) is 12.8 Å². The van der Waals surface area contributed by atoms with Crippen LogP contribution in [0.1, 0.15) is 18.4 Å². The van der Waals surface area contributed by atoms with Crippen LogP contribution in [0.25, 0.3) is 0 Å². The molecule has 0 amide bonds. The lowest BCUT2D eigenvalue weighted by Crippen LogP contribution is -1.99. The number of hydrogen-bond donors (Lipinski definition) is 1. The second-order valence-corrected chi connectivity index (χ2v) is 2.73. The molecule has 0 aliphatic heterocycles. The Morgan fingerprint density at radius 1 is 1.33 bits per heavy atom. The predicted molar refractivity (Wildman–Crippen MR) is 51.1 cm³/mol. The number of hydrogen-bond acceptors (Lipinski definition) is 1. The third-order valence-electron chi connectivity index (χ3n) is 1.85. The zero-order valence-corrected chi connectivity index (χ0v) is 7.27. The van der Waals surface area contributed by atoms with E-state index in [0.29, 0.717) is 0 Å². The van der Waals surface area contributed by atoms with Crippen LogP contribution in [0.3, 0.4) is 0 Å². The molecule has 0 saturated heterocycles. The maximum atomic E-state index is 9.06. The largest absolute Gasteiger partial charge is 0.395 e. The Bertz CT molecular complexity index is 238. The van der Waals surface area contributed by atoms with Crippen LogP contribution in [0, 0.1) is 0 Å². The number of rotatable bonds is 3. The third kappa shape index (κ3) is 2.21. The Labute approximate surface area is 73.4 Å². The van der Waals surface area contributed by atoms with E-state index in [-0.39, 0.29) is 12.5 Å². The highest BCUT2D eigenvalue weighted by molar-refractivity contribution is 5.23. The van der Waals surface area contributed by atoms with Gasteiger partial charge in [0, 0.05) is 5.92 Å². The predicted octanol–water partition coefficient (Wildman–Crippen LogP) is 2.34. The smallest absolute Gasteiger partial charge is 0.0534 e. The van der Waals surface area contributed by atoms with E-state index in [1.807, 2.05) is 49.4 Å². The highest BCUT2D eigenvalue weighted by atomic mass is 16.3. The molecule has 0 heterocycles. The molecular formula is C11H14O. The number of aliphatic hydroxyl groups is 1. The van der Waals surface area contributed by atoms with Gasteiger partial charge >= 0.3 is 0 Å². The number of allylic oxidation sites excluding steroid dienone is 1. The summed E-state index contributed by atoms with van der Waals surface area (Å²) in [6.45, 7) is 2.14. The van der Waals surface area contributed by atoms with Crippen LogP contribution < -0.4 is 0 Å². The molecule has 0 bridgehead atoms. The fourth-order valence-corrected chi connectivity index (χ4v) is 1.21. The Hall–Kier alpha value is -1.08. The minimum atomic E-state index is 0.149. The Balaban J connectivity index is 2.80. The molecule has 1 atom stereocenters. The van der Waals surface area contributed by atoms with Crippen LogP contribution in [-0.4, -0.2) is 11.7 Å². The molecule has 1 nitrogen and oxygen atoms in total. The fourth-order valence-electron chi connectivity index (χ4n) is 1.21. The zero-order valence-electron chi connectivity index (χ0n) is 7.27. The molecule has 0 saturated carbocycles. The topological polar surface area (TPSA) is 20.2 Å². The third-order valence-corrected chi connectivity index (χ3v) is 1.85. The molecule has 0 spiro atoms. The van der Waals surface area contributed by atoms with Crippen molar-refractivity contribution in [3.63, 3.8) is 0 Å². The van der Waals surface area contributed by atoms with Gasteiger partial charge in [-0.05, 0) is 12.5 Å². The lowest BCUT2D eigenvalue weighted by Gasteiger charge is -2.08. The molecule has 0 fully saturated rings. The maximum Gasteiger partial charge on any atom is 0.0534 e. The van der Waals surface area contributed by atoms with Crippen molar-refractivity contribution in [2.24, 2.45) is 0 Å². The van der Waals surface area contributed by atoms with E-state index >= 15 is 0 Å². The first-order chi connectivity index (χ1) is 5.88. The summed E-state index contributed by atoms with van der Waals surface area (Å²) in [4.78, 5) is 0. The molecule has 1 aromatic carbocycles. The molecular weight excluding hydrogens is 148 g/mol. The van der Waals surface area contributed by atoms with Crippen LogP contribution >= 0.6 is 0 Å². The summed E-state index contributed by atoms with van der Waals surface area (Å²) in [6, 6.07) is 10.0. The Morgan fingerprint density at radius 3 is 2.50 bits per heavy atom. The number of aliphatic hydroxyl groups excluding tert-OH is 1. The van der Waals surface area contributed by atoms with Crippen LogP contribution in [-0.2, 0) is 0 Å². The summed E-state index contributed by atoms with van der Waals surface area (Å²) < 4.78 is 0. The van der Waals surface area contributed by atoms with Crippen LogP contribution in [0.5, 0.6) is 0 Å². The van der Waals surface area contributed by atoms with Gasteiger partial charge < -0.3 is 5.11 Å². The second kappa shape index (κ2) is 4.73.